The number of carbonyl (C=O) groups is 2. The van der Waals surface area contributed by atoms with Crippen LogP contribution in [0.25, 0.3) is 0 Å². The molecule has 0 aliphatic carbocycles. The molecule has 2 N–H and O–H groups in total. The molecule has 3 aromatic rings. The van der Waals surface area contributed by atoms with Gasteiger partial charge in [0.1, 0.15) is 11.6 Å². The second-order valence-electron chi connectivity index (χ2n) is 6.04. The number of methoxy groups -OCH3 is 1. The van der Waals surface area contributed by atoms with Crippen LogP contribution in [0.3, 0.4) is 0 Å². The molecule has 28 heavy (non-hydrogen) atoms. The smallest absolute Gasteiger partial charge is 0.255 e. The number of para-hydroxylation sites is 1. The monoisotopic (exact) mass is 378 g/mol. The summed E-state index contributed by atoms with van der Waals surface area (Å²) in [6.07, 6.45) is 0. The highest BCUT2D eigenvalue weighted by molar-refractivity contribution is 6.08. The van der Waals surface area contributed by atoms with Gasteiger partial charge >= 0.3 is 0 Å². The third-order valence-electron chi connectivity index (χ3n) is 4.14. The van der Waals surface area contributed by atoms with Crippen LogP contribution < -0.4 is 15.4 Å². The minimum absolute atomic E-state index is 0.301. The minimum atomic E-state index is -0.421. The Labute approximate surface area is 162 Å². The van der Waals surface area contributed by atoms with Crippen molar-refractivity contribution in [2.45, 2.75) is 6.54 Å². The summed E-state index contributed by atoms with van der Waals surface area (Å²) in [5.74, 6) is -0.417. The van der Waals surface area contributed by atoms with Gasteiger partial charge in [-0.3, -0.25) is 9.59 Å². The van der Waals surface area contributed by atoms with Crippen LogP contribution in [-0.2, 0) is 6.54 Å². The van der Waals surface area contributed by atoms with Gasteiger partial charge in [-0.15, -0.1) is 0 Å². The molecule has 0 aliphatic rings. The molecule has 0 bridgehead atoms. The van der Waals surface area contributed by atoms with Gasteiger partial charge < -0.3 is 15.4 Å². The van der Waals surface area contributed by atoms with Crippen molar-refractivity contribution in [2.75, 3.05) is 12.4 Å². The van der Waals surface area contributed by atoms with E-state index in [1.807, 2.05) is 24.3 Å². The molecule has 6 heteroatoms. The number of halogens is 1. The van der Waals surface area contributed by atoms with E-state index in [4.69, 9.17) is 4.74 Å². The lowest BCUT2D eigenvalue weighted by Crippen LogP contribution is -2.24. The first-order valence-corrected chi connectivity index (χ1v) is 8.64. The van der Waals surface area contributed by atoms with Gasteiger partial charge in [0.25, 0.3) is 11.8 Å². The van der Waals surface area contributed by atoms with Gasteiger partial charge in [-0.05, 0) is 54.1 Å². The molecule has 3 aromatic carbocycles. The zero-order valence-corrected chi connectivity index (χ0v) is 15.2. The number of anilines is 1. The predicted molar refractivity (Wildman–Crippen MR) is 105 cm³/mol. The third-order valence-corrected chi connectivity index (χ3v) is 4.14. The van der Waals surface area contributed by atoms with E-state index in [1.165, 1.54) is 24.3 Å². The van der Waals surface area contributed by atoms with E-state index >= 15 is 0 Å². The Morgan fingerprint density at radius 3 is 2.25 bits per heavy atom. The van der Waals surface area contributed by atoms with Crippen molar-refractivity contribution in [2.24, 2.45) is 0 Å². The van der Waals surface area contributed by atoms with Crippen LogP contribution >= 0.6 is 0 Å². The summed E-state index contributed by atoms with van der Waals surface area (Å²) >= 11 is 0. The van der Waals surface area contributed by atoms with E-state index in [9.17, 15) is 14.0 Å². The van der Waals surface area contributed by atoms with Crippen LogP contribution in [0.2, 0.25) is 0 Å². The van der Waals surface area contributed by atoms with Crippen LogP contribution in [-0.4, -0.2) is 18.9 Å². The SMILES string of the molecule is COc1ccc(CNC(=O)c2ccccc2NC(=O)c2ccc(F)cc2)cc1. The topological polar surface area (TPSA) is 67.4 Å². The lowest BCUT2D eigenvalue weighted by atomic mass is 10.1. The van der Waals surface area contributed by atoms with E-state index in [-0.39, 0.29) is 5.91 Å². The molecule has 0 saturated carbocycles. The molecule has 2 amide bonds. The zero-order chi connectivity index (χ0) is 19.9. The minimum Gasteiger partial charge on any atom is -0.497 e. The van der Waals surface area contributed by atoms with Crippen molar-refractivity contribution in [3.05, 3.63) is 95.3 Å². The van der Waals surface area contributed by atoms with Gasteiger partial charge in [-0.25, -0.2) is 4.39 Å². The normalized spacial score (nSPS) is 10.2. The van der Waals surface area contributed by atoms with Crippen molar-refractivity contribution in [1.82, 2.24) is 5.32 Å². The summed E-state index contributed by atoms with van der Waals surface area (Å²) in [6.45, 7) is 0.336. The fourth-order valence-electron chi connectivity index (χ4n) is 2.61. The number of benzene rings is 3. The van der Waals surface area contributed by atoms with Gasteiger partial charge in [0.05, 0.1) is 18.4 Å². The highest BCUT2D eigenvalue weighted by atomic mass is 19.1. The van der Waals surface area contributed by atoms with Crippen LogP contribution in [0.4, 0.5) is 10.1 Å². The average Bonchev–Trinajstić information content (AvgIpc) is 2.73. The second-order valence-corrected chi connectivity index (χ2v) is 6.04. The fraction of sp³-hybridized carbons (Fsp3) is 0.0909. The lowest BCUT2D eigenvalue weighted by Gasteiger charge is -2.12. The number of amides is 2. The van der Waals surface area contributed by atoms with Gasteiger partial charge in [-0.2, -0.15) is 0 Å². The molecule has 142 valence electrons. The molecular formula is C22H19FN2O3. The summed E-state index contributed by atoms with van der Waals surface area (Å²) in [5.41, 5.74) is 1.94. The van der Waals surface area contributed by atoms with Gasteiger partial charge in [-0.1, -0.05) is 24.3 Å². The van der Waals surface area contributed by atoms with Gasteiger partial charge in [0, 0.05) is 12.1 Å². The number of carbonyl (C=O) groups excluding carboxylic acids is 2. The van der Waals surface area contributed by atoms with Crippen molar-refractivity contribution in [3.8, 4) is 5.75 Å². The van der Waals surface area contributed by atoms with E-state index in [1.54, 1.807) is 31.4 Å². The quantitative estimate of drug-likeness (QED) is 0.681. The largest absolute Gasteiger partial charge is 0.497 e. The molecule has 0 saturated heterocycles. The number of ether oxygens (including phenoxy) is 1. The number of rotatable bonds is 6. The summed E-state index contributed by atoms with van der Waals surface area (Å²) in [4.78, 5) is 25.0. The first-order valence-electron chi connectivity index (χ1n) is 8.64. The van der Waals surface area contributed by atoms with Crippen LogP contribution in [0.1, 0.15) is 26.3 Å². The van der Waals surface area contributed by atoms with Crippen molar-refractivity contribution >= 4 is 17.5 Å². The first kappa shape index (κ1) is 19.1. The van der Waals surface area contributed by atoms with Crippen LogP contribution in [0.15, 0.2) is 72.8 Å². The van der Waals surface area contributed by atoms with E-state index in [0.717, 1.165) is 11.3 Å². The molecule has 0 radical (unpaired) electrons. The molecule has 0 atom stereocenters. The molecular weight excluding hydrogens is 359 g/mol. The Balaban J connectivity index is 1.69. The average molecular weight is 378 g/mol. The Hall–Kier alpha value is -3.67. The maximum atomic E-state index is 13.0. The molecule has 0 aliphatic heterocycles. The first-order chi connectivity index (χ1) is 13.6. The van der Waals surface area contributed by atoms with Gasteiger partial charge in [0.15, 0.2) is 0 Å². The van der Waals surface area contributed by atoms with Crippen molar-refractivity contribution in [3.63, 3.8) is 0 Å². The fourth-order valence-corrected chi connectivity index (χ4v) is 2.61. The highest BCUT2D eigenvalue weighted by Gasteiger charge is 2.14. The Kier molecular flexibility index (Phi) is 6.01. The third kappa shape index (κ3) is 4.73. The molecule has 0 fully saturated rings. The molecule has 0 unspecified atom stereocenters. The standard InChI is InChI=1S/C22H19FN2O3/c1-28-18-12-6-15(7-13-18)14-24-22(27)19-4-2-3-5-20(19)25-21(26)16-8-10-17(23)11-9-16/h2-13H,14H2,1H3,(H,24,27)(H,25,26). The van der Waals surface area contributed by atoms with E-state index < -0.39 is 11.7 Å². The van der Waals surface area contributed by atoms with Crippen LogP contribution in [0, 0.1) is 5.82 Å². The van der Waals surface area contributed by atoms with Crippen molar-refractivity contribution < 1.29 is 18.7 Å². The summed E-state index contributed by atoms with van der Waals surface area (Å²) in [5, 5.41) is 5.53. The molecule has 3 rings (SSSR count). The number of nitrogens with one attached hydrogen (secondary N) is 2. The lowest BCUT2D eigenvalue weighted by molar-refractivity contribution is 0.0952. The molecule has 0 spiro atoms. The highest BCUT2D eigenvalue weighted by Crippen LogP contribution is 2.17. The number of hydrogen-bond acceptors (Lipinski definition) is 3. The van der Waals surface area contributed by atoms with Crippen LogP contribution in [0.5, 0.6) is 5.75 Å². The maximum Gasteiger partial charge on any atom is 0.255 e. The van der Waals surface area contributed by atoms with Gasteiger partial charge in [0.2, 0.25) is 0 Å². The maximum absolute atomic E-state index is 13.0. The van der Waals surface area contributed by atoms with E-state index in [0.29, 0.717) is 23.4 Å². The summed E-state index contributed by atoms with van der Waals surface area (Å²) < 4.78 is 18.1. The predicted octanol–water partition coefficient (Wildman–Crippen LogP) is 4.02. The Morgan fingerprint density at radius 2 is 1.57 bits per heavy atom. The van der Waals surface area contributed by atoms with E-state index in [2.05, 4.69) is 10.6 Å². The number of hydrogen-bond donors (Lipinski definition) is 2. The Bertz CT molecular complexity index is 970. The molecule has 0 aromatic heterocycles. The molecule has 5 nitrogen and oxygen atoms in total. The summed E-state index contributed by atoms with van der Waals surface area (Å²) in [6, 6.07) is 19.3. The second kappa shape index (κ2) is 8.81. The molecule has 0 heterocycles. The van der Waals surface area contributed by atoms with Crippen molar-refractivity contribution in [1.29, 1.82) is 0 Å². The Morgan fingerprint density at radius 1 is 0.893 bits per heavy atom. The summed E-state index contributed by atoms with van der Waals surface area (Å²) in [7, 11) is 1.59. The zero-order valence-electron chi connectivity index (χ0n) is 15.2.